The highest BCUT2D eigenvalue weighted by Crippen LogP contribution is 2.37. The smallest absolute Gasteiger partial charge is 0.251 e. The number of hydrogen-bond acceptors (Lipinski definition) is 4. The van der Waals surface area contributed by atoms with Crippen molar-refractivity contribution in [3.05, 3.63) is 117 Å². The second kappa shape index (κ2) is 8.20. The number of rotatable bonds is 4. The Bertz CT molecular complexity index is 1590. The molecule has 0 saturated heterocycles. The van der Waals surface area contributed by atoms with Crippen LogP contribution in [0.5, 0.6) is 0 Å². The van der Waals surface area contributed by atoms with Crippen molar-refractivity contribution in [1.82, 2.24) is 19.1 Å². The average molecular weight is 475 g/mol. The van der Waals surface area contributed by atoms with Gasteiger partial charge in [0.1, 0.15) is 5.82 Å². The van der Waals surface area contributed by atoms with Gasteiger partial charge in [0.25, 0.3) is 5.56 Å². The minimum absolute atomic E-state index is 0.249. The van der Waals surface area contributed by atoms with E-state index in [0.717, 1.165) is 0 Å². The molecule has 8 heteroatoms. The monoisotopic (exact) mass is 474 g/mol. The van der Waals surface area contributed by atoms with Crippen LogP contribution in [-0.2, 0) is 19.7 Å². The molecule has 2 aromatic carbocycles. The van der Waals surface area contributed by atoms with E-state index in [1.165, 1.54) is 22.8 Å². The van der Waals surface area contributed by atoms with Crippen LogP contribution >= 0.6 is 11.6 Å². The fourth-order valence-corrected chi connectivity index (χ4v) is 4.36. The fourth-order valence-electron chi connectivity index (χ4n) is 4.23. The van der Waals surface area contributed by atoms with E-state index in [1.807, 2.05) is 0 Å². The van der Waals surface area contributed by atoms with Crippen LogP contribution in [0.25, 0.3) is 22.2 Å². The van der Waals surface area contributed by atoms with E-state index in [9.17, 15) is 14.3 Å². The summed E-state index contributed by atoms with van der Waals surface area (Å²) >= 11 is 6.10. The third kappa shape index (κ3) is 3.50. The first-order valence-corrected chi connectivity index (χ1v) is 10.9. The van der Waals surface area contributed by atoms with E-state index in [1.54, 1.807) is 79.7 Å². The molecule has 6 nitrogen and oxygen atoms in total. The van der Waals surface area contributed by atoms with Crippen LogP contribution in [0, 0.1) is 5.82 Å². The zero-order chi connectivity index (χ0) is 24.0. The predicted molar refractivity (Wildman–Crippen MR) is 129 cm³/mol. The first-order valence-electron chi connectivity index (χ1n) is 10.5. The lowest BCUT2D eigenvalue weighted by molar-refractivity contribution is 0.113. The minimum atomic E-state index is -1.67. The van der Waals surface area contributed by atoms with Gasteiger partial charge >= 0.3 is 0 Å². The van der Waals surface area contributed by atoms with Crippen LogP contribution in [0.1, 0.15) is 17.0 Å². The average Bonchev–Trinajstić information content (AvgIpc) is 3.27. The molecule has 0 amide bonds. The highest BCUT2D eigenvalue weighted by atomic mass is 35.5. The standard InChI is InChI=1S/C26H20ClFN4O2/c1-31-15-29-14-23(31)26(34,17-6-8-18(27)9-7-17)22-11-10-21-25(30-22)20(13-24(33)32(21)2)16-4-3-5-19(28)12-16/h3-15,34H,1-2H3. The van der Waals surface area contributed by atoms with Crippen molar-refractivity contribution in [2.45, 2.75) is 5.60 Å². The summed E-state index contributed by atoms with van der Waals surface area (Å²) in [6.07, 6.45) is 3.17. The number of benzene rings is 2. The fraction of sp³-hybridized carbons (Fsp3) is 0.115. The van der Waals surface area contributed by atoms with E-state index in [2.05, 4.69) is 4.98 Å². The molecule has 5 rings (SSSR count). The van der Waals surface area contributed by atoms with Crippen molar-refractivity contribution in [2.75, 3.05) is 0 Å². The molecule has 0 spiro atoms. The Balaban J connectivity index is 1.84. The highest BCUT2D eigenvalue weighted by Gasteiger charge is 2.38. The number of imidazole rings is 1. The van der Waals surface area contributed by atoms with Crippen LogP contribution < -0.4 is 5.56 Å². The van der Waals surface area contributed by atoms with Crippen molar-refractivity contribution >= 4 is 22.6 Å². The van der Waals surface area contributed by atoms with Gasteiger partial charge in [0.2, 0.25) is 0 Å². The van der Waals surface area contributed by atoms with E-state index in [0.29, 0.717) is 44.1 Å². The lowest BCUT2D eigenvalue weighted by Crippen LogP contribution is -2.32. The van der Waals surface area contributed by atoms with E-state index in [-0.39, 0.29) is 5.56 Å². The summed E-state index contributed by atoms with van der Waals surface area (Å²) in [5.41, 5.74) is 1.45. The Morgan fingerprint density at radius 2 is 1.79 bits per heavy atom. The van der Waals surface area contributed by atoms with Crippen LogP contribution in [0.4, 0.5) is 4.39 Å². The van der Waals surface area contributed by atoms with Gasteiger partial charge in [0.05, 0.1) is 34.9 Å². The van der Waals surface area contributed by atoms with Crippen LogP contribution in [0.15, 0.2) is 84.0 Å². The maximum atomic E-state index is 14.0. The number of aryl methyl sites for hydroxylation is 2. The maximum Gasteiger partial charge on any atom is 0.251 e. The summed E-state index contributed by atoms with van der Waals surface area (Å²) in [6.45, 7) is 0. The Morgan fingerprint density at radius 1 is 1.03 bits per heavy atom. The largest absolute Gasteiger partial charge is 0.373 e. The summed E-state index contributed by atoms with van der Waals surface area (Å²) in [5, 5.41) is 12.7. The molecule has 0 fully saturated rings. The topological polar surface area (TPSA) is 72.9 Å². The maximum absolute atomic E-state index is 14.0. The van der Waals surface area contributed by atoms with Gasteiger partial charge in [-0.05, 0) is 47.5 Å². The lowest BCUT2D eigenvalue weighted by atomic mass is 9.86. The molecule has 0 radical (unpaired) electrons. The quantitative estimate of drug-likeness (QED) is 0.419. The molecule has 1 atom stereocenters. The molecular formula is C26H20ClFN4O2. The van der Waals surface area contributed by atoms with Crippen molar-refractivity contribution in [3.63, 3.8) is 0 Å². The zero-order valence-corrected chi connectivity index (χ0v) is 19.2. The van der Waals surface area contributed by atoms with Crippen molar-refractivity contribution in [3.8, 4) is 11.1 Å². The number of aromatic nitrogens is 4. The molecule has 170 valence electrons. The van der Waals surface area contributed by atoms with Gasteiger partial charge in [-0.1, -0.05) is 35.9 Å². The van der Waals surface area contributed by atoms with Gasteiger partial charge in [0, 0.05) is 30.7 Å². The first kappa shape index (κ1) is 22.0. The molecule has 1 unspecified atom stereocenters. The third-order valence-corrected chi connectivity index (χ3v) is 6.30. The van der Waals surface area contributed by atoms with Gasteiger partial charge < -0.3 is 14.2 Å². The number of hydrogen-bond donors (Lipinski definition) is 1. The van der Waals surface area contributed by atoms with Crippen molar-refractivity contribution < 1.29 is 9.50 Å². The molecule has 3 heterocycles. The first-order chi connectivity index (χ1) is 16.3. The van der Waals surface area contributed by atoms with Crippen molar-refractivity contribution in [1.29, 1.82) is 0 Å². The highest BCUT2D eigenvalue weighted by molar-refractivity contribution is 6.30. The number of halogens is 2. The zero-order valence-electron chi connectivity index (χ0n) is 18.4. The van der Waals surface area contributed by atoms with Crippen LogP contribution in [0.3, 0.4) is 0 Å². The number of fused-ring (bicyclic) bond motifs is 1. The summed E-state index contributed by atoms with van der Waals surface area (Å²) in [4.78, 5) is 21.7. The summed E-state index contributed by atoms with van der Waals surface area (Å²) in [7, 11) is 3.43. The van der Waals surface area contributed by atoms with Crippen molar-refractivity contribution in [2.24, 2.45) is 14.1 Å². The van der Waals surface area contributed by atoms with Gasteiger partial charge in [-0.15, -0.1) is 0 Å². The van der Waals surface area contributed by atoms with E-state index in [4.69, 9.17) is 16.6 Å². The second-order valence-electron chi connectivity index (χ2n) is 8.14. The number of aliphatic hydroxyl groups is 1. The number of nitrogens with zero attached hydrogens (tertiary/aromatic N) is 4. The molecule has 0 aliphatic carbocycles. The Labute approximate surface area is 199 Å². The summed E-state index contributed by atoms with van der Waals surface area (Å²) < 4.78 is 17.2. The predicted octanol–water partition coefficient (Wildman–Crippen LogP) is 4.41. The molecular weight excluding hydrogens is 455 g/mol. The Hall–Kier alpha value is -3.81. The Morgan fingerprint density at radius 3 is 2.47 bits per heavy atom. The van der Waals surface area contributed by atoms with Gasteiger partial charge in [-0.2, -0.15) is 0 Å². The lowest BCUT2D eigenvalue weighted by Gasteiger charge is -2.29. The van der Waals surface area contributed by atoms with Gasteiger partial charge in [-0.25, -0.2) is 14.4 Å². The molecule has 0 aliphatic heterocycles. The Kier molecular flexibility index (Phi) is 5.31. The molecule has 3 aromatic heterocycles. The molecule has 0 saturated carbocycles. The summed E-state index contributed by atoms with van der Waals surface area (Å²) in [5.74, 6) is -0.421. The molecule has 0 bridgehead atoms. The molecule has 5 aromatic rings. The van der Waals surface area contributed by atoms with E-state index >= 15 is 0 Å². The van der Waals surface area contributed by atoms with Crippen LogP contribution in [-0.4, -0.2) is 24.2 Å². The second-order valence-corrected chi connectivity index (χ2v) is 8.57. The number of pyridine rings is 2. The molecule has 34 heavy (non-hydrogen) atoms. The van der Waals surface area contributed by atoms with Gasteiger partial charge in [-0.3, -0.25) is 4.79 Å². The van der Waals surface area contributed by atoms with Crippen LogP contribution in [0.2, 0.25) is 5.02 Å². The molecule has 1 N–H and O–H groups in total. The molecule has 0 aliphatic rings. The van der Waals surface area contributed by atoms with E-state index < -0.39 is 11.4 Å². The third-order valence-electron chi connectivity index (χ3n) is 6.04. The minimum Gasteiger partial charge on any atom is -0.373 e. The van der Waals surface area contributed by atoms with Gasteiger partial charge in [0.15, 0.2) is 5.60 Å². The summed E-state index contributed by atoms with van der Waals surface area (Å²) in [6, 6.07) is 17.7. The normalized spacial score (nSPS) is 13.2. The SMILES string of the molecule is Cn1cncc1C(O)(c1ccc(Cl)cc1)c1ccc2c(n1)c(-c1cccc(F)c1)cc(=O)n2C.